The molecule has 0 aliphatic rings. The number of hydrogen-bond donors (Lipinski definition) is 6. The van der Waals surface area contributed by atoms with Crippen LogP contribution in [-0.4, -0.2) is 99.1 Å². The molecule has 6 N–H and O–H groups in total. The number of pyridine rings is 4. The molecule has 92 heavy (non-hydrogen) atoms. The van der Waals surface area contributed by atoms with Crippen molar-refractivity contribution in [2.45, 2.75) is 90.7 Å². The maximum absolute atomic E-state index is 13.2. The monoisotopic (exact) mass is 1980 g/mol. The molecule has 6 atom stereocenters. The van der Waals surface area contributed by atoms with Crippen LogP contribution in [0.15, 0.2) is 215 Å². The van der Waals surface area contributed by atoms with E-state index in [1.54, 1.807) is 75.0 Å². The summed E-state index contributed by atoms with van der Waals surface area (Å²) in [5.41, 5.74) is 7.27. The van der Waals surface area contributed by atoms with Crippen LogP contribution in [0.2, 0.25) is 0 Å². The van der Waals surface area contributed by atoms with E-state index in [1.807, 2.05) is 103 Å². The fourth-order valence-electron chi connectivity index (χ4n) is 7.30. The third-order valence-electron chi connectivity index (χ3n) is 11.4. The summed E-state index contributed by atoms with van der Waals surface area (Å²) in [7, 11) is 0. The second-order valence-corrected chi connectivity index (χ2v) is 20.1. The fourth-order valence-corrected chi connectivity index (χ4v) is 8.28. The van der Waals surface area contributed by atoms with Gasteiger partial charge in [-0.05, 0) is 97.5 Å². The number of esters is 2. The van der Waals surface area contributed by atoms with Crippen molar-refractivity contribution in [3.8, 4) is 44.3 Å². The predicted molar refractivity (Wildman–Crippen MR) is 343 cm³/mol. The predicted octanol–water partition coefficient (Wildman–Crippen LogP) is 13.0. The number of rotatable bonds is 17. The molecule has 0 spiro atoms. The van der Waals surface area contributed by atoms with Gasteiger partial charge in [0.15, 0.2) is 0 Å². The van der Waals surface area contributed by atoms with Crippen LogP contribution in [0.25, 0.3) is 60.5 Å². The average molecular weight is 1980 g/mol. The van der Waals surface area contributed by atoms with E-state index in [0.29, 0.717) is 18.5 Å². The molecule has 5 heterocycles. The molecular formula is C71H74F2Ir4N4O10S-4. The van der Waals surface area contributed by atoms with Gasteiger partial charge >= 0.3 is 11.9 Å². The van der Waals surface area contributed by atoms with Crippen LogP contribution in [0.3, 0.4) is 0 Å². The molecule has 5 aromatic heterocycles. The van der Waals surface area contributed by atoms with E-state index in [4.69, 9.17) is 35.4 Å². The number of thiophene rings is 1. The molecule has 14 nitrogen and oxygen atoms in total. The van der Waals surface area contributed by atoms with Crippen LogP contribution in [0.5, 0.6) is 0 Å². The van der Waals surface area contributed by atoms with Crippen LogP contribution < -0.4 is 0 Å². The number of hydrogen-bond acceptors (Lipinski definition) is 15. The van der Waals surface area contributed by atoms with Crippen molar-refractivity contribution in [2.24, 2.45) is 5.92 Å². The van der Waals surface area contributed by atoms with E-state index < -0.39 is 53.9 Å². The van der Waals surface area contributed by atoms with E-state index in [9.17, 15) is 18.4 Å². The Morgan fingerprint density at radius 3 is 1.61 bits per heavy atom. The standard InChI is InChI=1S/C15H12NO2.C13H8NS.C13H10N.C11H6F2N.C8H14O4.C6H12O2.C5H12O2.4Ir/c1-2-15(17)18-11-12-8-9-16-14(10-12)13-6-4-3-5-7-13;1-2-7-12-10(5-1)9-13(15-12)11-6-3-4-8-14-11;1-2-11-6-8-12(9-7-11)13-5-3-4-10-14-13;12-8-4-5-9(10(13)7-8)11-3-1-2-6-14-11;1-4-12-8(11)7(5(2)9)6(3)10;1-3-6(8)4-5(2)7;1-4(6)3-5(2)7;;;;/h2-6,8-10H,1,11H2;1-8H;2-8,10H,1H2;1-4,6-7H;4-7,9-10H,1H2,2-3H3;3,5-8H,1,4H2,2H3;4-7H,3H2,1-2H3;;;;/q4*-1;;;;;;;. The summed E-state index contributed by atoms with van der Waals surface area (Å²) in [6.07, 6.45) is 9.40. The van der Waals surface area contributed by atoms with Crippen molar-refractivity contribution in [3.05, 3.63) is 262 Å². The van der Waals surface area contributed by atoms with Crippen molar-refractivity contribution < 1.29 is 139 Å². The summed E-state index contributed by atoms with van der Waals surface area (Å²) in [6.45, 7) is 21.6. The largest absolute Gasteiger partial charge is 0.458 e. The van der Waals surface area contributed by atoms with Crippen LogP contribution in [0.1, 0.15) is 58.6 Å². The Balaban J connectivity index is 0. The molecule has 9 rings (SSSR count). The second-order valence-electron chi connectivity index (χ2n) is 19.0. The van der Waals surface area contributed by atoms with Crippen molar-refractivity contribution in [1.29, 1.82) is 0 Å². The molecular weight excluding hydrogens is 1910 g/mol. The number of fused-ring (bicyclic) bond motifs is 1. The number of halogens is 2. The Hall–Kier alpha value is -6.44. The van der Waals surface area contributed by atoms with Gasteiger partial charge in [0.2, 0.25) is 0 Å². The first kappa shape index (κ1) is 87.6. The molecule has 6 unspecified atom stereocenters. The van der Waals surface area contributed by atoms with Gasteiger partial charge in [-0.25, -0.2) is 16.1 Å². The first-order valence-electron chi connectivity index (χ1n) is 27.6. The molecule has 0 fully saturated rings. The average Bonchev–Trinajstić information content (AvgIpc) is 1.68. The quantitative estimate of drug-likeness (QED) is 0.0164. The minimum absolute atomic E-state index is 0. The van der Waals surface area contributed by atoms with Gasteiger partial charge in [0.1, 0.15) is 12.5 Å². The third-order valence-corrected chi connectivity index (χ3v) is 12.5. The summed E-state index contributed by atoms with van der Waals surface area (Å²) in [4.78, 5) is 39.9. The van der Waals surface area contributed by atoms with Crippen molar-refractivity contribution in [1.82, 2.24) is 19.9 Å². The number of aliphatic hydroxyl groups excluding tert-OH is 6. The van der Waals surface area contributed by atoms with E-state index in [-0.39, 0.29) is 105 Å². The van der Waals surface area contributed by atoms with Crippen LogP contribution in [-0.2, 0) is 106 Å². The molecule has 4 radical (unpaired) electrons. The van der Waals surface area contributed by atoms with Gasteiger partial charge in [-0.1, -0.05) is 85.5 Å². The van der Waals surface area contributed by atoms with E-state index in [1.165, 1.54) is 30.0 Å². The van der Waals surface area contributed by atoms with E-state index in [0.717, 1.165) is 68.7 Å². The van der Waals surface area contributed by atoms with E-state index in [2.05, 4.69) is 93.5 Å². The SMILES string of the molecule is C=CC(=O)OCc1ccnc(-c2[c-]cccc2)c1.C=CC(O)CC(C)O.C=COC(=O)C(C(C)O)C(C)O.C=Cc1c[c-]c(-c2ccccn2)cc1.CC(O)CC(C)O.Fc1c[c-]c(-c2ccccn2)c(F)c1.[Ir].[Ir].[Ir].[Ir].[c-]1c(-c2ccccn2)sc2ccccc12. The number of aromatic nitrogens is 4. The second kappa shape index (κ2) is 50.1. The number of nitrogens with zero attached hydrogens (tertiary/aromatic N) is 4. The smallest absolute Gasteiger partial charge is 0.330 e. The summed E-state index contributed by atoms with van der Waals surface area (Å²) in [5.74, 6) is -3.30. The Bertz CT molecular complexity index is 3420. The molecule has 498 valence electrons. The minimum Gasteiger partial charge on any atom is -0.458 e. The number of carbonyl (C=O) groups excluding carboxylic acids is 2. The first-order valence-corrected chi connectivity index (χ1v) is 28.4. The van der Waals surface area contributed by atoms with Gasteiger partial charge in [-0.15, -0.1) is 126 Å². The van der Waals surface area contributed by atoms with Crippen LogP contribution in [0.4, 0.5) is 8.78 Å². The molecule has 0 aliphatic heterocycles. The molecule has 0 bridgehead atoms. The van der Waals surface area contributed by atoms with Crippen LogP contribution >= 0.6 is 11.3 Å². The summed E-state index contributed by atoms with van der Waals surface area (Å²) < 4.78 is 36.5. The number of benzene rings is 4. The van der Waals surface area contributed by atoms with Crippen molar-refractivity contribution in [2.75, 3.05) is 0 Å². The molecule has 0 aliphatic carbocycles. The maximum Gasteiger partial charge on any atom is 0.330 e. The van der Waals surface area contributed by atoms with Gasteiger partial charge in [-0.2, -0.15) is 0 Å². The zero-order chi connectivity index (χ0) is 64.8. The number of aliphatic hydroxyl groups is 6. The van der Waals surface area contributed by atoms with E-state index >= 15 is 0 Å². The van der Waals surface area contributed by atoms with Gasteiger partial charge in [-0.3, -0.25) is 13.6 Å². The summed E-state index contributed by atoms with van der Waals surface area (Å²) in [5, 5.41) is 53.9. The number of carbonyl (C=O) groups is 2. The third kappa shape index (κ3) is 35.0. The molecule has 0 saturated carbocycles. The summed E-state index contributed by atoms with van der Waals surface area (Å²) in [6, 6.07) is 56.4. The maximum atomic E-state index is 13.2. The molecule has 0 saturated heterocycles. The minimum atomic E-state index is -0.933. The zero-order valence-electron chi connectivity index (χ0n) is 51.1. The topological polar surface area (TPSA) is 226 Å². The Morgan fingerprint density at radius 1 is 0.598 bits per heavy atom. The zero-order valence-corrected chi connectivity index (χ0v) is 61.5. The molecule has 9 aromatic rings. The van der Waals surface area contributed by atoms with Gasteiger partial charge in [0.25, 0.3) is 0 Å². The summed E-state index contributed by atoms with van der Waals surface area (Å²) >= 11 is 1.73. The van der Waals surface area contributed by atoms with Crippen LogP contribution in [0, 0.1) is 41.8 Å². The molecule has 4 aromatic carbocycles. The normalized spacial score (nSPS) is 11.9. The van der Waals surface area contributed by atoms with Crippen molar-refractivity contribution >= 4 is 39.4 Å². The molecule has 0 amide bonds. The van der Waals surface area contributed by atoms with Crippen molar-refractivity contribution in [3.63, 3.8) is 0 Å². The van der Waals surface area contributed by atoms with Gasteiger partial charge in [0.05, 0.1) is 42.9 Å². The first-order chi connectivity index (χ1) is 42.2. The van der Waals surface area contributed by atoms with Gasteiger partial charge < -0.3 is 60.0 Å². The number of ether oxygens (including phenoxy) is 2. The Kier molecular flexibility index (Phi) is 47.7. The Labute approximate surface area is 596 Å². The van der Waals surface area contributed by atoms with Gasteiger partial charge in [0, 0.05) is 135 Å². The Morgan fingerprint density at radius 2 is 1.15 bits per heavy atom. The fraction of sp³-hybridized carbons (Fsp3) is 0.211. The molecule has 21 heteroatoms.